The van der Waals surface area contributed by atoms with Crippen LogP contribution in [0.5, 0.6) is 11.5 Å². The normalized spacial score (nSPS) is 10.8. The SMILES string of the molecule is CCc1nnc(SCc2cc(=O)c(O)co2)n1NCc1cccc(O)c1. The fraction of sp³-hybridized carbons (Fsp3) is 0.235. The van der Waals surface area contributed by atoms with Crippen molar-refractivity contribution < 1.29 is 14.6 Å². The number of phenolic OH excluding ortho intramolecular Hbond substituents is 1. The number of aryl methyl sites for hydroxylation is 1. The highest BCUT2D eigenvalue weighted by Crippen LogP contribution is 2.22. The summed E-state index contributed by atoms with van der Waals surface area (Å²) < 4.78 is 6.98. The van der Waals surface area contributed by atoms with Gasteiger partial charge in [0.15, 0.2) is 11.6 Å². The van der Waals surface area contributed by atoms with Crippen LogP contribution in [0.3, 0.4) is 0 Å². The minimum Gasteiger partial charge on any atom is -0.508 e. The molecule has 0 aliphatic heterocycles. The van der Waals surface area contributed by atoms with Gasteiger partial charge in [0, 0.05) is 12.5 Å². The van der Waals surface area contributed by atoms with E-state index in [0.717, 1.165) is 17.7 Å². The van der Waals surface area contributed by atoms with Gasteiger partial charge in [-0.25, -0.2) is 4.68 Å². The molecular weight excluding hydrogens is 356 g/mol. The van der Waals surface area contributed by atoms with Crippen LogP contribution in [-0.2, 0) is 18.7 Å². The smallest absolute Gasteiger partial charge is 0.226 e. The zero-order chi connectivity index (χ0) is 18.5. The highest BCUT2D eigenvalue weighted by Gasteiger charge is 2.13. The Morgan fingerprint density at radius 1 is 1.27 bits per heavy atom. The summed E-state index contributed by atoms with van der Waals surface area (Å²) >= 11 is 1.35. The predicted molar refractivity (Wildman–Crippen MR) is 96.8 cm³/mol. The van der Waals surface area contributed by atoms with Crippen molar-refractivity contribution in [3.63, 3.8) is 0 Å². The molecule has 26 heavy (non-hydrogen) atoms. The van der Waals surface area contributed by atoms with Crippen molar-refractivity contribution >= 4 is 11.8 Å². The van der Waals surface area contributed by atoms with Crippen LogP contribution in [0, 0.1) is 0 Å². The van der Waals surface area contributed by atoms with Gasteiger partial charge in [-0.05, 0) is 17.7 Å². The van der Waals surface area contributed by atoms with Crippen molar-refractivity contribution in [1.29, 1.82) is 0 Å². The Hall–Kier alpha value is -2.94. The van der Waals surface area contributed by atoms with Crippen LogP contribution in [0.1, 0.15) is 24.1 Å². The first-order valence-corrected chi connectivity index (χ1v) is 8.95. The van der Waals surface area contributed by atoms with Gasteiger partial charge in [0.2, 0.25) is 10.6 Å². The maximum Gasteiger partial charge on any atom is 0.226 e. The Kier molecular flexibility index (Phi) is 5.47. The van der Waals surface area contributed by atoms with E-state index in [0.29, 0.717) is 29.6 Å². The fourth-order valence-corrected chi connectivity index (χ4v) is 3.09. The van der Waals surface area contributed by atoms with E-state index in [1.54, 1.807) is 22.9 Å². The van der Waals surface area contributed by atoms with Crippen LogP contribution >= 0.6 is 11.8 Å². The van der Waals surface area contributed by atoms with Gasteiger partial charge in [-0.3, -0.25) is 4.79 Å². The van der Waals surface area contributed by atoms with E-state index in [-0.39, 0.29) is 5.75 Å². The molecule has 0 aliphatic carbocycles. The lowest BCUT2D eigenvalue weighted by Crippen LogP contribution is -2.18. The number of benzene rings is 1. The van der Waals surface area contributed by atoms with Gasteiger partial charge in [-0.15, -0.1) is 10.2 Å². The Labute approximate surface area is 153 Å². The van der Waals surface area contributed by atoms with Crippen molar-refractivity contribution in [3.05, 3.63) is 64.0 Å². The summed E-state index contributed by atoms with van der Waals surface area (Å²) in [5.74, 6) is 1.35. The van der Waals surface area contributed by atoms with Crippen molar-refractivity contribution in [3.8, 4) is 11.5 Å². The van der Waals surface area contributed by atoms with E-state index in [2.05, 4.69) is 15.6 Å². The van der Waals surface area contributed by atoms with Gasteiger partial charge in [0.25, 0.3) is 0 Å². The summed E-state index contributed by atoms with van der Waals surface area (Å²) in [5, 5.41) is 27.7. The quantitative estimate of drug-likeness (QED) is 0.540. The lowest BCUT2D eigenvalue weighted by molar-refractivity contribution is 0.419. The first-order chi connectivity index (χ1) is 12.6. The van der Waals surface area contributed by atoms with Gasteiger partial charge < -0.3 is 20.1 Å². The molecular formula is C17H18N4O4S. The third kappa shape index (κ3) is 4.17. The Morgan fingerprint density at radius 3 is 2.85 bits per heavy atom. The van der Waals surface area contributed by atoms with E-state index in [1.165, 1.54) is 17.8 Å². The third-order valence-corrected chi connectivity index (χ3v) is 4.53. The zero-order valence-electron chi connectivity index (χ0n) is 14.0. The van der Waals surface area contributed by atoms with Crippen LogP contribution in [-0.4, -0.2) is 25.1 Å². The van der Waals surface area contributed by atoms with Gasteiger partial charge in [-0.1, -0.05) is 30.8 Å². The number of aromatic hydroxyl groups is 2. The van der Waals surface area contributed by atoms with Crippen molar-refractivity contribution in [2.24, 2.45) is 0 Å². The summed E-state index contributed by atoms with van der Waals surface area (Å²) in [5.41, 5.74) is 3.68. The molecule has 3 rings (SSSR count). The minimum absolute atomic E-state index is 0.209. The molecule has 2 heterocycles. The molecule has 136 valence electrons. The molecule has 9 heteroatoms. The molecule has 0 spiro atoms. The van der Waals surface area contributed by atoms with Crippen LogP contribution in [0.15, 0.2) is 51.0 Å². The average Bonchev–Trinajstić information content (AvgIpc) is 3.03. The second-order valence-corrected chi connectivity index (χ2v) is 6.42. The molecule has 3 N–H and O–H groups in total. The Balaban J connectivity index is 1.72. The zero-order valence-corrected chi connectivity index (χ0v) is 14.9. The molecule has 1 aromatic carbocycles. The van der Waals surface area contributed by atoms with Crippen LogP contribution in [0.2, 0.25) is 0 Å². The number of nitrogens with zero attached hydrogens (tertiary/aromatic N) is 3. The molecule has 8 nitrogen and oxygen atoms in total. The lowest BCUT2D eigenvalue weighted by Gasteiger charge is -2.12. The topological polar surface area (TPSA) is 113 Å². The monoisotopic (exact) mass is 374 g/mol. The average molecular weight is 374 g/mol. The summed E-state index contributed by atoms with van der Waals surface area (Å²) in [4.78, 5) is 11.5. The predicted octanol–water partition coefficient (Wildman–Crippen LogP) is 2.24. The highest BCUT2D eigenvalue weighted by atomic mass is 32.2. The van der Waals surface area contributed by atoms with Gasteiger partial charge >= 0.3 is 0 Å². The number of hydrogen-bond acceptors (Lipinski definition) is 8. The fourth-order valence-electron chi connectivity index (χ4n) is 2.27. The maximum atomic E-state index is 11.5. The van der Waals surface area contributed by atoms with E-state index in [9.17, 15) is 15.0 Å². The van der Waals surface area contributed by atoms with Gasteiger partial charge in [0.1, 0.15) is 17.8 Å². The lowest BCUT2D eigenvalue weighted by atomic mass is 10.2. The molecule has 0 bridgehead atoms. The molecule has 0 saturated carbocycles. The molecule has 0 saturated heterocycles. The van der Waals surface area contributed by atoms with Crippen LogP contribution in [0.25, 0.3) is 0 Å². The van der Waals surface area contributed by atoms with E-state index in [1.807, 2.05) is 13.0 Å². The van der Waals surface area contributed by atoms with E-state index < -0.39 is 11.2 Å². The second kappa shape index (κ2) is 7.96. The molecule has 0 unspecified atom stereocenters. The molecule has 0 amide bonds. The number of nitrogens with one attached hydrogen (secondary N) is 1. The molecule has 0 fully saturated rings. The largest absolute Gasteiger partial charge is 0.508 e. The standard InChI is InChI=1S/C17H18N4O4S/c1-2-16-19-20-17(26-10-13-7-14(23)15(24)9-25-13)21(16)18-8-11-4-3-5-12(22)6-11/h3-7,9,18,22,24H,2,8,10H2,1H3. The Morgan fingerprint density at radius 2 is 2.12 bits per heavy atom. The van der Waals surface area contributed by atoms with Crippen molar-refractivity contribution in [2.75, 3.05) is 5.43 Å². The number of rotatable bonds is 7. The van der Waals surface area contributed by atoms with Gasteiger partial charge in [-0.2, -0.15) is 0 Å². The van der Waals surface area contributed by atoms with Crippen molar-refractivity contribution in [2.45, 2.75) is 30.8 Å². The first-order valence-electron chi connectivity index (χ1n) is 7.96. The second-order valence-electron chi connectivity index (χ2n) is 5.48. The number of aromatic nitrogens is 3. The van der Waals surface area contributed by atoms with Crippen LogP contribution < -0.4 is 10.9 Å². The third-order valence-electron chi connectivity index (χ3n) is 3.58. The minimum atomic E-state index is -0.482. The molecule has 0 radical (unpaired) electrons. The maximum absolute atomic E-state index is 11.5. The molecule has 0 atom stereocenters. The summed E-state index contributed by atoms with van der Waals surface area (Å²) in [6.45, 7) is 2.46. The van der Waals surface area contributed by atoms with Crippen molar-refractivity contribution in [1.82, 2.24) is 14.9 Å². The molecule has 2 aromatic heterocycles. The number of hydrogen-bond donors (Lipinski definition) is 3. The Bertz CT molecular complexity index is 954. The summed E-state index contributed by atoms with van der Waals surface area (Å²) in [6, 6.07) is 8.24. The molecule has 0 aliphatic rings. The van der Waals surface area contributed by atoms with E-state index in [4.69, 9.17) is 4.42 Å². The summed E-state index contributed by atoms with van der Waals surface area (Å²) in [7, 11) is 0. The first kappa shape index (κ1) is 17.9. The summed E-state index contributed by atoms with van der Waals surface area (Å²) in [6.07, 6.45) is 1.72. The number of phenols is 1. The number of thioether (sulfide) groups is 1. The van der Waals surface area contributed by atoms with E-state index >= 15 is 0 Å². The van der Waals surface area contributed by atoms with Gasteiger partial charge in [0.05, 0.1) is 12.3 Å². The highest BCUT2D eigenvalue weighted by molar-refractivity contribution is 7.98. The van der Waals surface area contributed by atoms with Crippen LogP contribution in [0.4, 0.5) is 0 Å². The molecule has 3 aromatic rings.